The first-order chi connectivity index (χ1) is 13.5. The summed E-state index contributed by atoms with van der Waals surface area (Å²) in [5.74, 6) is 0.637. The Kier molecular flexibility index (Phi) is 5.19. The monoisotopic (exact) mass is 399 g/mol. The summed E-state index contributed by atoms with van der Waals surface area (Å²) in [6, 6.07) is 11.1. The van der Waals surface area contributed by atoms with E-state index >= 15 is 0 Å². The molecule has 0 aliphatic carbocycles. The fourth-order valence-electron chi connectivity index (χ4n) is 3.42. The molecule has 1 fully saturated rings. The molecule has 4 rings (SSSR count). The molecule has 8 nitrogen and oxygen atoms in total. The van der Waals surface area contributed by atoms with E-state index in [-0.39, 0.29) is 29.4 Å². The van der Waals surface area contributed by atoms with Gasteiger partial charge in [-0.15, -0.1) is 10.2 Å². The van der Waals surface area contributed by atoms with Crippen LogP contribution in [-0.4, -0.2) is 61.4 Å². The number of aromatic amines is 1. The predicted molar refractivity (Wildman–Crippen MR) is 106 cm³/mol. The number of amides is 1. The van der Waals surface area contributed by atoms with Gasteiger partial charge in [-0.3, -0.25) is 19.0 Å². The molecule has 2 atom stereocenters. The lowest BCUT2D eigenvalue weighted by atomic mass is 10.1. The number of fused-ring (bicyclic) bond motifs is 1. The van der Waals surface area contributed by atoms with Crippen LogP contribution in [-0.2, 0) is 9.53 Å². The highest BCUT2D eigenvalue weighted by Gasteiger charge is 2.26. The van der Waals surface area contributed by atoms with Crippen molar-refractivity contribution in [3.05, 3.63) is 46.8 Å². The minimum absolute atomic E-state index is 0.0291. The number of hydrogen-bond donors (Lipinski definition) is 1. The molecule has 1 amide bonds. The van der Waals surface area contributed by atoms with Crippen LogP contribution in [0, 0.1) is 0 Å². The number of ether oxygens (including phenoxy) is 1. The number of nitrogens with zero attached hydrogens (tertiary/aromatic N) is 4. The van der Waals surface area contributed by atoms with Crippen molar-refractivity contribution in [2.75, 3.05) is 18.8 Å². The number of benzene rings is 1. The smallest absolute Gasteiger partial charge is 0.252 e. The van der Waals surface area contributed by atoms with Gasteiger partial charge in [0.15, 0.2) is 5.16 Å². The van der Waals surface area contributed by atoms with Crippen molar-refractivity contribution in [1.82, 2.24) is 24.5 Å². The number of hydrogen-bond acceptors (Lipinski definition) is 6. The highest BCUT2D eigenvalue weighted by Crippen LogP contribution is 2.24. The summed E-state index contributed by atoms with van der Waals surface area (Å²) in [6.07, 6.45) is 0.0581. The Labute approximate surface area is 165 Å². The van der Waals surface area contributed by atoms with Gasteiger partial charge in [0.05, 0.1) is 23.7 Å². The van der Waals surface area contributed by atoms with E-state index in [4.69, 9.17) is 4.74 Å². The van der Waals surface area contributed by atoms with Crippen LogP contribution >= 0.6 is 11.8 Å². The third-order valence-corrected chi connectivity index (χ3v) is 5.46. The maximum Gasteiger partial charge on any atom is 0.252 e. The average Bonchev–Trinajstić information content (AvgIpc) is 3.08. The second kappa shape index (κ2) is 7.76. The standard InChI is InChI=1S/C19H21N5O3S/c1-12-9-23(10-13(2)27-12)17(26)11-28-19-22-21-18-20-16(25)8-15(24(18)19)14-6-4-3-5-7-14/h3-8,12-13H,9-11H2,1-2H3,(H,20,21,25)/t12-,13-/m1/s1. The van der Waals surface area contributed by atoms with E-state index in [1.807, 2.05) is 49.1 Å². The highest BCUT2D eigenvalue weighted by molar-refractivity contribution is 7.99. The minimum atomic E-state index is -0.248. The van der Waals surface area contributed by atoms with E-state index in [0.29, 0.717) is 29.7 Å². The van der Waals surface area contributed by atoms with Crippen molar-refractivity contribution < 1.29 is 9.53 Å². The Balaban J connectivity index is 1.60. The van der Waals surface area contributed by atoms with Crippen molar-refractivity contribution in [3.8, 4) is 11.3 Å². The molecule has 3 heterocycles. The van der Waals surface area contributed by atoms with Gasteiger partial charge in [-0.1, -0.05) is 42.1 Å². The molecule has 28 heavy (non-hydrogen) atoms. The van der Waals surface area contributed by atoms with Crippen molar-refractivity contribution in [2.24, 2.45) is 0 Å². The lowest BCUT2D eigenvalue weighted by Crippen LogP contribution is -2.48. The van der Waals surface area contributed by atoms with Crippen LogP contribution < -0.4 is 5.56 Å². The molecule has 0 spiro atoms. The fraction of sp³-hybridized carbons (Fsp3) is 0.368. The van der Waals surface area contributed by atoms with Crippen LogP contribution in [0.4, 0.5) is 0 Å². The zero-order chi connectivity index (χ0) is 19.7. The maximum atomic E-state index is 12.7. The zero-order valence-corrected chi connectivity index (χ0v) is 16.5. The molecule has 1 aromatic carbocycles. The summed E-state index contributed by atoms with van der Waals surface area (Å²) >= 11 is 1.31. The highest BCUT2D eigenvalue weighted by atomic mass is 32.2. The Hall–Kier alpha value is -2.65. The van der Waals surface area contributed by atoms with Gasteiger partial charge < -0.3 is 9.64 Å². The van der Waals surface area contributed by atoms with Crippen molar-refractivity contribution in [1.29, 1.82) is 0 Å². The summed E-state index contributed by atoms with van der Waals surface area (Å²) in [5, 5.41) is 8.81. The molecular weight excluding hydrogens is 378 g/mol. The maximum absolute atomic E-state index is 12.7. The normalized spacial score (nSPS) is 19.9. The third-order valence-electron chi connectivity index (χ3n) is 4.54. The van der Waals surface area contributed by atoms with E-state index in [1.165, 1.54) is 17.8 Å². The third kappa shape index (κ3) is 3.81. The van der Waals surface area contributed by atoms with Crippen LogP contribution in [0.25, 0.3) is 17.0 Å². The first-order valence-electron chi connectivity index (χ1n) is 9.11. The van der Waals surface area contributed by atoms with Crippen molar-refractivity contribution >= 4 is 23.4 Å². The molecule has 3 aromatic rings. The summed E-state index contributed by atoms with van der Waals surface area (Å²) < 4.78 is 7.47. The van der Waals surface area contributed by atoms with Crippen LogP contribution in [0.1, 0.15) is 13.8 Å². The van der Waals surface area contributed by atoms with E-state index in [2.05, 4.69) is 15.2 Å². The molecular formula is C19H21N5O3S. The predicted octanol–water partition coefficient (Wildman–Crippen LogP) is 1.81. The van der Waals surface area contributed by atoms with Gasteiger partial charge in [0.2, 0.25) is 11.7 Å². The lowest BCUT2D eigenvalue weighted by molar-refractivity contribution is -0.140. The van der Waals surface area contributed by atoms with E-state index in [1.54, 1.807) is 4.40 Å². The van der Waals surface area contributed by atoms with E-state index in [0.717, 1.165) is 5.56 Å². The van der Waals surface area contributed by atoms with Crippen LogP contribution in [0.5, 0.6) is 0 Å². The van der Waals surface area contributed by atoms with Crippen LogP contribution in [0.15, 0.2) is 46.3 Å². The van der Waals surface area contributed by atoms with Gasteiger partial charge in [0, 0.05) is 19.2 Å². The number of thioether (sulfide) groups is 1. The Morgan fingerprint density at radius 2 is 1.93 bits per heavy atom. The molecule has 0 bridgehead atoms. The topological polar surface area (TPSA) is 92.6 Å². The first-order valence-corrected chi connectivity index (χ1v) is 10.1. The van der Waals surface area contributed by atoms with E-state index < -0.39 is 0 Å². The number of carbonyl (C=O) groups excluding carboxylic acids is 1. The number of carbonyl (C=O) groups is 1. The van der Waals surface area contributed by atoms with Gasteiger partial charge in [0.1, 0.15) is 0 Å². The molecule has 9 heteroatoms. The number of morpholine rings is 1. The van der Waals surface area contributed by atoms with Crippen molar-refractivity contribution in [2.45, 2.75) is 31.2 Å². The molecule has 0 radical (unpaired) electrons. The molecule has 1 saturated heterocycles. The number of aromatic nitrogens is 4. The summed E-state index contributed by atoms with van der Waals surface area (Å²) in [7, 11) is 0. The molecule has 1 N–H and O–H groups in total. The molecule has 1 aliphatic heterocycles. The molecule has 0 unspecified atom stereocenters. The minimum Gasteiger partial charge on any atom is -0.372 e. The van der Waals surface area contributed by atoms with Crippen LogP contribution in [0.3, 0.4) is 0 Å². The van der Waals surface area contributed by atoms with Crippen LogP contribution in [0.2, 0.25) is 0 Å². The molecule has 1 aliphatic rings. The number of nitrogens with one attached hydrogen (secondary N) is 1. The molecule has 2 aromatic heterocycles. The average molecular weight is 399 g/mol. The van der Waals surface area contributed by atoms with Gasteiger partial charge in [-0.25, -0.2) is 0 Å². The summed E-state index contributed by atoms with van der Waals surface area (Å²) in [4.78, 5) is 29.2. The largest absolute Gasteiger partial charge is 0.372 e. The molecule has 146 valence electrons. The number of rotatable bonds is 4. The number of H-pyrrole nitrogens is 1. The Morgan fingerprint density at radius 3 is 2.64 bits per heavy atom. The quantitative estimate of drug-likeness (QED) is 0.673. The fourth-order valence-corrected chi connectivity index (χ4v) is 4.26. The van der Waals surface area contributed by atoms with Crippen molar-refractivity contribution in [3.63, 3.8) is 0 Å². The van der Waals surface area contributed by atoms with Gasteiger partial charge in [-0.05, 0) is 19.4 Å². The summed E-state index contributed by atoms with van der Waals surface area (Å²) in [5.41, 5.74) is 1.32. The van der Waals surface area contributed by atoms with E-state index in [9.17, 15) is 9.59 Å². The van der Waals surface area contributed by atoms with Gasteiger partial charge in [-0.2, -0.15) is 0 Å². The summed E-state index contributed by atoms with van der Waals surface area (Å²) in [6.45, 7) is 5.12. The zero-order valence-electron chi connectivity index (χ0n) is 15.7. The Morgan fingerprint density at radius 1 is 1.21 bits per heavy atom. The van der Waals surface area contributed by atoms with Gasteiger partial charge >= 0.3 is 0 Å². The second-order valence-electron chi connectivity index (χ2n) is 6.87. The second-order valence-corrected chi connectivity index (χ2v) is 7.81. The first kappa shape index (κ1) is 18.7. The lowest BCUT2D eigenvalue weighted by Gasteiger charge is -2.35. The molecule has 0 saturated carbocycles. The SMILES string of the molecule is C[C@@H]1CN(C(=O)CSc2nnc3[nH]c(=O)cc(-c4ccccc4)n23)C[C@@H](C)O1. The van der Waals surface area contributed by atoms with Gasteiger partial charge in [0.25, 0.3) is 5.56 Å². The Bertz CT molecular complexity index is 1040.